The van der Waals surface area contributed by atoms with Crippen molar-refractivity contribution in [3.63, 3.8) is 0 Å². The van der Waals surface area contributed by atoms with E-state index in [2.05, 4.69) is 15.9 Å². The number of methoxy groups -OCH3 is 1. The van der Waals surface area contributed by atoms with Gasteiger partial charge in [0.15, 0.2) is 5.78 Å². The lowest BCUT2D eigenvalue weighted by Crippen LogP contribution is -2.48. The summed E-state index contributed by atoms with van der Waals surface area (Å²) in [6.45, 7) is 0. The first kappa shape index (κ1) is 23.9. The number of halogens is 1. The van der Waals surface area contributed by atoms with Gasteiger partial charge < -0.3 is 9.64 Å². The highest BCUT2D eigenvalue weighted by Gasteiger charge is 2.64. The normalized spacial score (nSPS) is 23.1. The number of nitrogens with zero attached hydrogens (tertiary/aromatic N) is 2. The summed E-state index contributed by atoms with van der Waals surface area (Å²) in [6.07, 6.45) is 3.95. The van der Waals surface area contributed by atoms with Crippen LogP contribution in [0, 0.1) is 11.8 Å². The van der Waals surface area contributed by atoms with Crippen molar-refractivity contribution in [3.05, 3.63) is 107 Å². The number of carbonyl (C=O) groups is 3. The lowest BCUT2D eigenvalue weighted by Gasteiger charge is -2.36. The number of ether oxygens (including phenoxy) is 1. The number of carbonyl (C=O) groups excluding carboxylic acids is 3. The van der Waals surface area contributed by atoms with Gasteiger partial charge in [0.25, 0.3) is 0 Å². The van der Waals surface area contributed by atoms with Crippen molar-refractivity contribution >= 4 is 61.8 Å². The van der Waals surface area contributed by atoms with Crippen LogP contribution >= 0.6 is 15.9 Å². The fraction of sp³-hybridized carbons (Fsp3) is 0.156. The number of amides is 2. The van der Waals surface area contributed by atoms with E-state index in [1.807, 2.05) is 77.7 Å². The number of Topliss-reactive ketones (excluding diaryl/α,β-unsaturated/α-hetero) is 1. The number of ketones is 1. The SMILES string of the molecule is COc1ccc(C(=O)[C@@H]2[C@H]3C(=O)N(c4ccc5ccccc5c4)C(=O)[C@@H]3[C@H]3C=Cc4ccccc4N32)cc1Br. The van der Waals surface area contributed by atoms with E-state index < -0.39 is 23.9 Å². The van der Waals surface area contributed by atoms with Crippen LogP contribution in [-0.4, -0.2) is 36.8 Å². The van der Waals surface area contributed by atoms with E-state index in [9.17, 15) is 14.4 Å². The van der Waals surface area contributed by atoms with Gasteiger partial charge >= 0.3 is 0 Å². The molecular weight excluding hydrogens is 556 g/mol. The maximum Gasteiger partial charge on any atom is 0.240 e. The van der Waals surface area contributed by atoms with E-state index in [0.717, 1.165) is 22.0 Å². The standard InChI is InChI=1S/C32H23BrN2O4/c1-39-26-15-12-21(17-23(26)33)30(36)29-28-27(25-14-11-19-7-4-5-9-24(19)35(25)29)31(37)34(32(28)38)22-13-10-18-6-2-3-8-20(18)16-22/h2-17,25,27-29H,1H3/t25-,27-,28+,29+/m1/s1. The molecule has 0 aromatic heterocycles. The molecule has 0 radical (unpaired) electrons. The zero-order valence-electron chi connectivity index (χ0n) is 21.0. The molecule has 0 unspecified atom stereocenters. The highest BCUT2D eigenvalue weighted by atomic mass is 79.9. The van der Waals surface area contributed by atoms with E-state index in [-0.39, 0.29) is 17.6 Å². The summed E-state index contributed by atoms with van der Waals surface area (Å²) in [5.41, 5.74) is 2.78. The maximum atomic E-state index is 14.3. The molecule has 39 heavy (non-hydrogen) atoms. The first-order chi connectivity index (χ1) is 19.0. The molecule has 7 heteroatoms. The predicted octanol–water partition coefficient (Wildman–Crippen LogP) is 5.88. The van der Waals surface area contributed by atoms with Gasteiger partial charge in [-0.1, -0.05) is 60.7 Å². The number of hydrogen-bond donors (Lipinski definition) is 0. The van der Waals surface area contributed by atoms with E-state index in [0.29, 0.717) is 21.5 Å². The average molecular weight is 579 g/mol. The Morgan fingerprint density at radius 1 is 0.846 bits per heavy atom. The highest BCUT2D eigenvalue weighted by molar-refractivity contribution is 9.10. The summed E-state index contributed by atoms with van der Waals surface area (Å²) in [5, 5.41) is 1.97. The van der Waals surface area contributed by atoms with Crippen molar-refractivity contribution in [1.29, 1.82) is 0 Å². The summed E-state index contributed by atoms with van der Waals surface area (Å²) in [5.74, 6) is -1.71. The molecule has 2 amide bonds. The topological polar surface area (TPSA) is 66.9 Å². The second-order valence-corrected chi connectivity index (χ2v) is 10.9. The Bertz CT molecular complexity index is 1730. The first-order valence-electron chi connectivity index (χ1n) is 12.8. The third kappa shape index (κ3) is 3.49. The van der Waals surface area contributed by atoms with Crippen LogP contribution in [0.2, 0.25) is 0 Å². The van der Waals surface area contributed by atoms with Crippen molar-refractivity contribution in [2.45, 2.75) is 12.1 Å². The van der Waals surface area contributed by atoms with Gasteiger partial charge in [-0.05, 0) is 68.7 Å². The minimum atomic E-state index is -0.840. The molecule has 0 bridgehead atoms. The molecule has 0 N–H and O–H groups in total. The number of hydrogen-bond acceptors (Lipinski definition) is 5. The lowest BCUT2D eigenvalue weighted by molar-refractivity contribution is -0.122. The first-order valence-corrected chi connectivity index (χ1v) is 13.6. The van der Waals surface area contributed by atoms with Crippen LogP contribution in [-0.2, 0) is 9.59 Å². The average Bonchev–Trinajstić information content (AvgIpc) is 3.44. The van der Waals surface area contributed by atoms with Crippen LogP contribution in [0.15, 0.2) is 95.5 Å². The van der Waals surface area contributed by atoms with Crippen LogP contribution in [0.4, 0.5) is 11.4 Å². The highest BCUT2D eigenvalue weighted by Crippen LogP contribution is 2.50. The molecule has 0 aliphatic carbocycles. The maximum absolute atomic E-state index is 14.3. The van der Waals surface area contributed by atoms with Gasteiger partial charge in [0.1, 0.15) is 11.8 Å². The number of rotatable bonds is 4. The third-order valence-electron chi connectivity index (χ3n) is 8.11. The van der Waals surface area contributed by atoms with Crippen molar-refractivity contribution in [3.8, 4) is 5.75 Å². The smallest absolute Gasteiger partial charge is 0.240 e. The Kier molecular flexibility index (Phi) is 5.45. The zero-order valence-corrected chi connectivity index (χ0v) is 22.5. The minimum absolute atomic E-state index is 0.206. The number of benzene rings is 4. The Morgan fingerprint density at radius 2 is 1.59 bits per heavy atom. The van der Waals surface area contributed by atoms with Gasteiger partial charge in [-0.25, -0.2) is 4.90 Å². The van der Waals surface area contributed by atoms with Crippen LogP contribution in [0.1, 0.15) is 15.9 Å². The third-order valence-corrected chi connectivity index (χ3v) is 8.73. The monoisotopic (exact) mass is 578 g/mol. The molecule has 4 aromatic carbocycles. The van der Waals surface area contributed by atoms with Gasteiger partial charge in [0, 0.05) is 11.3 Å². The minimum Gasteiger partial charge on any atom is -0.496 e. The summed E-state index contributed by atoms with van der Waals surface area (Å²) in [4.78, 5) is 45.8. The molecule has 3 aliphatic rings. The van der Waals surface area contributed by atoms with Crippen LogP contribution in [0.5, 0.6) is 5.75 Å². The fourth-order valence-corrected chi connectivity index (χ4v) is 6.91. The summed E-state index contributed by atoms with van der Waals surface area (Å²) >= 11 is 3.49. The van der Waals surface area contributed by atoms with Gasteiger partial charge in [-0.15, -0.1) is 0 Å². The quantitative estimate of drug-likeness (QED) is 0.223. The van der Waals surface area contributed by atoms with E-state index in [1.165, 1.54) is 4.90 Å². The Balaban J connectivity index is 1.36. The van der Waals surface area contributed by atoms with Crippen LogP contribution in [0.25, 0.3) is 16.8 Å². The molecule has 192 valence electrons. The fourth-order valence-electron chi connectivity index (χ4n) is 6.37. The van der Waals surface area contributed by atoms with Gasteiger partial charge in [-0.2, -0.15) is 0 Å². The number of para-hydroxylation sites is 1. The molecule has 2 fully saturated rings. The predicted molar refractivity (Wildman–Crippen MR) is 154 cm³/mol. The van der Waals surface area contributed by atoms with Crippen LogP contribution in [0.3, 0.4) is 0 Å². The molecule has 2 saturated heterocycles. The molecule has 7 rings (SSSR count). The number of fused-ring (bicyclic) bond motifs is 6. The van der Waals surface area contributed by atoms with Gasteiger partial charge in [0.2, 0.25) is 11.8 Å². The van der Waals surface area contributed by atoms with Gasteiger partial charge in [0.05, 0.1) is 35.1 Å². The molecule has 3 heterocycles. The molecule has 3 aliphatic heterocycles. The largest absolute Gasteiger partial charge is 0.496 e. The summed E-state index contributed by atoms with van der Waals surface area (Å²) < 4.78 is 5.99. The summed E-state index contributed by atoms with van der Waals surface area (Å²) in [6, 6.07) is 25.1. The molecule has 6 nitrogen and oxygen atoms in total. The van der Waals surface area contributed by atoms with Crippen molar-refractivity contribution in [2.75, 3.05) is 16.9 Å². The molecule has 0 saturated carbocycles. The zero-order chi connectivity index (χ0) is 26.8. The van der Waals surface area contributed by atoms with Crippen LogP contribution < -0.4 is 14.5 Å². The molecule has 4 atom stereocenters. The van der Waals surface area contributed by atoms with Crippen molar-refractivity contribution in [1.82, 2.24) is 0 Å². The molecular formula is C32H23BrN2O4. The number of anilines is 2. The Hall–Kier alpha value is -4.23. The lowest BCUT2D eigenvalue weighted by atomic mass is 9.86. The van der Waals surface area contributed by atoms with E-state index in [4.69, 9.17) is 4.74 Å². The van der Waals surface area contributed by atoms with Crippen molar-refractivity contribution in [2.24, 2.45) is 11.8 Å². The second kappa shape index (κ2) is 8.92. The van der Waals surface area contributed by atoms with Gasteiger partial charge in [-0.3, -0.25) is 14.4 Å². The van der Waals surface area contributed by atoms with E-state index >= 15 is 0 Å². The van der Waals surface area contributed by atoms with Crippen molar-refractivity contribution < 1.29 is 19.1 Å². The Morgan fingerprint density at radius 3 is 2.38 bits per heavy atom. The number of imide groups is 1. The van der Waals surface area contributed by atoms with E-state index in [1.54, 1.807) is 31.4 Å². The molecule has 4 aromatic rings. The summed E-state index contributed by atoms with van der Waals surface area (Å²) in [7, 11) is 1.56. The molecule has 0 spiro atoms. The Labute approximate surface area is 233 Å². The second-order valence-electron chi connectivity index (χ2n) is 10.1.